The van der Waals surface area contributed by atoms with E-state index in [1.807, 2.05) is 0 Å². The number of nitrogens with one attached hydrogen (secondary N) is 1. The highest BCUT2D eigenvalue weighted by Gasteiger charge is 2.14. The summed E-state index contributed by atoms with van der Waals surface area (Å²) in [5.74, 6) is 0. The Bertz CT molecular complexity index is 165. The second-order valence-electron chi connectivity index (χ2n) is 5.17. The standard InChI is InChI=1S/C13H29N3/c1-4-5-6-7-8-13(2)14-16-11-9-15(3)10-12-16/h13-14H,4-12H2,1-3H3. The average Bonchev–Trinajstić information content (AvgIpc) is 2.28. The Labute approximate surface area is 101 Å². The van der Waals surface area contributed by atoms with Gasteiger partial charge in [0, 0.05) is 32.2 Å². The third kappa shape index (κ3) is 5.83. The highest BCUT2D eigenvalue weighted by atomic mass is 15.5. The summed E-state index contributed by atoms with van der Waals surface area (Å²) >= 11 is 0. The largest absolute Gasteiger partial charge is 0.304 e. The van der Waals surface area contributed by atoms with Gasteiger partial charge in [-0.15, -0.1) is 0 Å². The maximum absolute atomic E-state index is 3.62. The van der Waals surface area contributed by atoms with Crippen LogP contribution in [-0.4, -0.2) is 49.2 Å². The Morgan fingerprint density at radius 3 is 2.38 bits per heavy atom. The molecule has 1 rings (SSSR count). The first kappa shape index (κ1) is 13.9. The molecule has 1 N–H and O–H groups in total. The third-order valence-electron chi connectivity index (χ3n) is 3.40. The summed E-state index contributed by atoms with van der Waals surface area (Å²) in [6.07, 6.45) is 6.80. The van der Waals surface area contributed by atoms with Gasteiger partial charge in [0.05, 0.1) is 0 Å². The summed E-state index contributed by atoms with van der Waals surface area (Å²) in [6, 6.07) is 0.639. The third-order valence-corrected chi connectivity index (χ3v) is 3.40. The summed E-state index contributed by atoms with van der Waals surface area (Å²) in [5, 5.41) is 2.39. The number of hydrazine groups is 1. The molecule has 3 heteroatoms. The number of unbranched alkanes of at least 4 members (excludes halogenated alkanes) is 3. The maximum Gasteiger partial charge on any atom is 0.0259 e. The van der Waals surface area contributed by atoms with Crippen molar-refractivity contribution < 1.29 is 0 Å². The molecule has 16 heavy (non-hydrogen) atoms. The molecule has 0 saturated carbocycles. The molecule has 0 bridgehead atoms. The zero-order valence-electron chi connectivity index (χ0n) is 11.3. The minimum atomic E-state index is 0.639. The molecule has 1 heterocycles. The molecule has 1 fully saturated rings. The molecule has 0 aromatic heterocycles. The second kappa shape index (κ2) is 8.04. The van der Waals surface area contributed by atoms with Crippen LogP contribution in [0.3, 0.4) is 0 Å². The van der Waals surface area contributed by atoms with Gasteiger partial charge >= 0.3 is 0 Å². The van der Waals surface area contributed by atoms with Crippen molar-refractivity contribution in [1.82, 2.24) is 15.3 Å². The number of hydrogen-bond acceptors (Lipinski definition) is 3. The average molecular weight is 227 g/mol. The summed E-state index contributed by atoms with van der Waals surface area (Å²) in [6.45, 7) is 9.28. The number of rotatable bonds is 7. The highest BCUT2D eigenvalue weighted by Crippen LogP contribution is 2.06. The quantitative estimate of drug-likeness (QED) is 0.672. The molecule has 1 saturated heterocycles. The van der Waals surface area contributed by atoms with Gasteiger partial charge in [-0.05, 0) is 20.4 Å². The van der Waals surface area contributed by atoms with Crippen LogP contribution in [-0.2, 0) is 0 Å². The molecule has 0 spiro atoms. The molecule has 3 nitrogen and oxygen atoms in total. The fourth-order valence-corrected chi connectivity index (χ4v) is 2.19. The highest BCUT2D eigenvalue weighted by molar-refractivity contribution is 4.68. The lowest BCUT2D eigenvalue weighted by atomic mass is 10.1. The first-order valence-electron chi connectivity index (χ1n) is 6.92. The van der Waals surface area contributed by atoms with E-state index in [0.717, 1.165) is 13.1 Å². The molecule has 96 valence electrons. The van der Waals surface area contributed by atoms with Crippen molar-refractivity contribution in [2.24, 2.45) is 0 Å². The Hall–Kier alpha value is -0.120. The number of piperazine rings is 1. The normalized spacial score (nSPS) is 21.2. The van der Waals surface area contributed by atoms with Crippen molar-refractivity contribution in [2.75, 3.05) is 33.2 Å². The SMILES string of the molecule is CCCCCCC(C)NN1CCN(C)CC1. The monoisotopic (exact) mass is 227 g/mol. The van der Waals surface area contributed by atoms with Crippen molar-refractivity contribution in [3.05, 3.63) is 0 Å². The van der Waals surface area contributed by atoms with Gasteiger partial charge in [0.25, 0.3) is 0 Å². The minimum absolute atomic E-state index is 0.639. The maximum atomic E-state index is 3.62. The summed E-state index contributed by atoms with van der Waals surface area (Å²) < 4.78 is 0. The van der Waals surface area contributed by atoms with E-state index in [9.17, 15) is 0 Å². The predicted molar refractivity (Wildman–Crippen MR) is 70.4 cm³/mol. The molecule has 1 aliphatic heterocycles. The van der Waals surface area contributed by atoms with E-state index >= 15 is 0 Å². The summed E-state index contributed by atoms with van der Waals surface area (Å²) in [5.41, 5.74) is 3.62. The Kier molecular flexibility index (Phi) is 7.01. The van der Waals surface area contributed by atoms with Crippen LogP contribution in [0.25, 0.3) is 0 Å². The fraction of sp³-hybridized carbons (Fsp3) is 1.00. The molecule has 0 aliphatic carbocycles. The number of likely N-dealkylation sites (N-methyl/N-ethyl adjacent to an activating group) is 1. The first-order valence-corrected chi connectivity index (χ1v) is 6.92. The minimum Gasteiger partial charge on any atom is -0.304 e. The Balaban J connectivity index is 2.02. The van der Waals surface area contributed by atoms with Crippen LogP contribution in [0.15, 0.2) is 0 Å². The van der Waals surface area contributed by atoms with Crippen LogP contribution >= 0.6 is 0 Å². The number of hydrogen-bond donors (Lipinski definition) is 1. The van der Waals surface area contributed by atoms with Crippen molar-refractivity contribution in [3.63, 3.8) is 0 Å². The lowest BCUT2D eigenvalue weighted by Gasteiger charge is -2.34. The van der Waals surface area contributed by atoms with Crippen molar-refractivity contribution >= 4 is 0 Å². The van der Waals surface area contributed by atoms with Gasteiger partial charge in [-0.1, -0.05) is 32.6 Å². The predicted octanol–water partition coefficient (Wildman–Crippen LogP) is 2.10. The molecule has 0 aromatic carbocycles. The van der Waals surface area contributed by atoms with Crippen LogP contribution in [0.1, 0.15) is 46.0 Å². The zero-order valence-corrected chi connectivity index (χ0v) is 11.3. The van der Waals surface area contributed by atoms with E-state index < -0.39 is 0 Å². The summed E-state index contributed by atoms with van der Waals surface area (Å²) in [7, 11) is 2.20. The molecular weight excluding hydrogens is 198 g/mol. The van der Waals surface area contributed by atoms with Crippen LogP contribution in [0.2, 0.25) is 0 Å². The van der Waals surface area contributed by atoms with E-state index in [0.29, 0.717) is 6.04 Å². The lowest BCUT2D eigenvalue weighted by molar-refractivity contribution is 0.0877. The van der Waals surface area contributed by atoms with E-state index in [2.05, 4.69) is 36.2 Å². The zero-order chi connectivity index (χ0) is 11.8. The molecule has 0 aromatic rings. The smallest absolute Gasteiger partial charge is 0.0259 e. The molecule has 0 amide bonds. The van der Waals surface area contributed by atoms with Crippen molar-refractivity contribution in [1.29, 1.82) is 0 Å². The van der Waals surface area contributed by atoms with Gasteiger partial charge in [-0.2, -0.15) is 0 Å². The van der Waals surface area contributed by atoms with Gasteiger partial charge in [0.2, 0.25) is 0 Å². The van der Waals surface area contributed by atoms with Crippen LogP contribution in [0.5, 0.6) is 0 Å². The molecule has 0 radical (unpaired) electrons. The van der Waals surface area contributed by atoms with Gasteiger partial charge in [0.15, 0.2) is 0 Å². The summed E-state index contributed by atoms with van der Waals surface area (Å²) in [4.78, 5) is 2.39. The van der Waals surface area contributed by atoms with Crippen LogP contribution in [0.4, 0.5) is 0 Å². The van der Waals surface area contributed by atoms with Crippen LogP contribution in [0, 0.1) is 0 Å². The Morgan fingerprint density at radius 2 is 1.75 bits per heavy atom. The fourth-order valence-electron chi connectivity index (χ4n) is 2.19. The van der Waals surface area contributed by atoms with Crippen molar-refractivity contribution in [2.45, 2.75) is 52.0 Å². The second-order valence-corrected chi connectivity index (χ2v) is 5.17. The molecule has 1 atom stereocenters. The first-order chi connectivity index (χ1) is 7.72. The molecule has 1 aliphatic rings. The molecule has 1 unspecified atom stereocenters. The van der Waals surface area contributed by atoms with Crippen LogP contribution < -0.4 is 5.43 Å². The van der Waals surface area contributed by atoms with E-state index in [1.165, 1.54) is 45.2 Å². The van der Waals surface area contributed by atoms with E-state index in [4.69, 9.17) is 0 Å². The van der Waals surface area contributed by atoms with Crippen molar-refractivity contribution in [3.8, 4) is 0 Å². The topological polar surface area (TPSA) is 18.5 Å². The number of nitrogens with zero attached hydrogens (tertiary/aromatic N) is 2. The lowest BCUT2D eigenvalue weighted by Crippen LogP contribution is -2.53. The van der Waals surface area contributed by atoms with Gasteiger partial charge < -0.3 is 4.90 Å². The van der Waals surface area contributed by atoms with E-state index in [1.54, 1.807) is 0 Å². The Morgan fingerprint density at radius 1 is 1.06 bits per heavy atom. The van der Waals surface area contributed by atoms with E-state index in [-0.39, 0.29) is 0 Å². The molecular formula is C13H29N3. The van der Waals surface area contributed by atoms with Gasteiger partial charge in [-0.25, -0.2) is 5.01 Å². The van der Waals surface area contributed by atoms with Gasteiger partial charge in [-0.3, -0.25) is 5.43 Å². The van der Waals surface area contributed by atoms with Gasteiger partial charge in [0.1, 0.15) is 0 Å².